The summed E-state index contributed by atoms with van der Waals surface area (Å²) in [7, 11) is 4.02. The number of aromatic nitrogens is 2. The van der Waals surface area contributed by atoms with Crippen molar-refractivity contribution in [3.05, 3.63) is 41.6 Å². The van der Waals surface area contributed by atoms with Gasteiger partial charge < -0.3 is 20.4 Å². The van der Waals surface area contributed by atoms with E-state index in [-0.39, 0.29) is 5.91 Å². The molecule has 0 aliphatic rings. The van der Waals surface area contributed by atoms with Crippen LogP contribution in [0.5, 0.6) is 0 Å². The van der Waals surface area contributed by atoms with Gasteiger partial charge in [0.2, 0.25) is 0 Å². The fourth-order valence-corrected chi connectivity index (χ4v) is 2.92. The fraction of sp³-hybridized carbons (Fsp3) is 0.476. The second-order valence-corrected chi connectivity index (χ2v) is 7.01. The molecule has 0 fully saturated rings. The molecule has 2 N–H and O–H groups in total. The van der Waals surface area contributed by atoms with Gasteiger partial charge in [0.25, 0.3) is 5.91 Å². The number of hydrogen-bond acceptors (Lipinski definition) is 6. The summed E-state index contributed by atoms with van der Waals surface area (Å²) in [4.78, 5) is 16.5. The van der Waals surface area contributed by atoms with Gasteiger partial charge in [0.1, 0.15) is 0 Å². The van der Waals surface area contributed by atoms with Crippen LogP contribution in [0.4, 0.5) is 17.2 Å². The zero-order valence-corrected chi connectivity index (χ0v) is 17.6. The second-order valence-electron chi connectivity index (χ2n) is 7.01. The van der Waals surface area contributed by atoms with Crippen molar-refractivity contribution in [3.8, 4) is 0 Å². The van der Waals surface area contributed by atoms with Crippen LogP contribution in [0.3, 0.4) is 0 Å². The van der Waals surface area contributed by atoms with E-state index in [1.807, 2.05) is 14.1 Å². The molecular formula is C21H32N6O. The number of aryl methyl sites for hydroxylation is 1. The Balaban J connectivity index is 1.96. The first-order chi connectivity index (χ1) is 13.4. The van der Waals surface area contributed by atoms with E-state index in [0.29, 0.717) is 18.1 Å². The van der Waals surface area contributed by atoms with E-state index in [1.54, 1.807) is 12.1 Å². The topological polar surface area (TPSA) is 73.4 Å². The van der Waals surface area contributed by atoms with Crippen LogP contribution in [0.2, 0.25) is 0 Å². The molecule has 1 aromatic heterocycles. The van der Waals surface area contributed by atoms with Gasteiger partial charge in [-0.3, -0.25) is 4.79 Å². The van der Waals surface area contributed by atoms with E-state index >= 15 is 0 Å². The van der Waals surface area contributed by atoms with Crippen molar-refractivity contribution in [2.24, 2.45) is 0 Å². The van der Waals surface area contributed by atoms with Gasteiger partial charge in [-0.2, -0.15) is 0 Å². The molecule has 0 unspecified atom stereocenters. The molecule has 0 saturated carbocycles. The third-order valence-corrected chi connectivity index (χ3v) is 4.57. The van der Waals surface area contributed by atoms with Gasteiger partial charge >= 0.3 is 0 Å². The first-order valence-corrected chi connectivity index (χ1v) is 9.83. The molecule has 0 aliphatic heterocycles. The maximum atomic E-state index is 12.1. The van der Waals surface area contributed by atoms with Crippen LogP contribution in [0.25, 0.3) is 0 Å². The highest BCUT2D eigenvalue weighted by atomic mass is 16.1. The van der Waals surface area contributed by atoms with Crippen molar-refractivity contribution < 1.29 is 4.79 Å². The van der Waals surface area contributed by atoms with Crippen molar-refractivity contribution in [2.45, 2.75) is 27.2 Å². The molecule has 2 aromatic rings. The summed E-state index contributed by atoms with van der Waals surface area (Å²) in [5.41, 5.74) is 3.64. The monoisotopic (exact) mass is 384 g/mol. The van der Waals surface area contributed by atoms with Gasteiger partial charge in [-0.15, -0.1) is 10.2 Å². The van der Waals surface area contributed by atoms with Crippen LogP contribution in [0, 0.1) is 6.92 Å². The van der Waals surface area contributed by atoms with Crippen LogP contribution in [-0.4, -0.2) is 61.3 Å². The summed E-state index contributed by atoms with van der Waals surface area (Å²) >= 11 is 0. The van der Waals surface area contributed by atoms with Crippen LogP contribution < -0.4 is 15.5 Å². The lowest BCUT2D eigenvalue weighted by atomic mass is 10.1. The third-order valence-electron chi connectivity index (χ3n) is 4.57. The van der Waals surface area contributed by atoms with E-state index in [9.17, 15) is 4.79 Å². The van der Waals surface area contributed by atoms with Gasteiger partial charge in [0, 0.05) is 31.0 Å². The SMILES string of the molecule is CCN(CC)c1ccc(Nc2ccc(C(=O)NCCCN(C)C)nn2)c(C)c1. The van der Waals surface area contributed by atoms with Crippen molar-refractivity contribution in [1.82, 2.24) is 20.4 Å². The maximum Gasteiger partial charge on any atom is 0.271 e. The lowest BCUT2D eigenvalue weighted by Crippen LogP contribution is -2.28. The molecule has 28 heavy (non-hydrogen) atoms. The summed E-state index contributed by atoms with van der Waals surface area (Å²) < 4.78 is 0. The summed E-state index contributed by atoms with van der Waals surface area (Å²) in [5.74, 6) is 0.417. The summed E-state index contributed by atoms with van der Waals surface area (Å²) in [5, 5.41) is 14.3. The lowest BCUT2D eigenvalue weighted by molar-refractivity contribution is 0.0946. The Morgan fingerprint density at radius 2 is 1.82 bits per heavy atom. The standard InChI is InChI=1S/C21H32N6O/c1-6-27(7-2)17-9-10-18(16(3)15-17)23-20-12-11-19(24-25-20)21(28)22-13-8-14-26(4)5/h9-12,15H,6-8,13-14H2,1-5H3,(H,22,28)(H,23,25). The number of carbonyl (C=O) groups is 1. The number of nitrogens with one attached hydrogen (secondary N) is 2. The van der Waals surface area contributed by atoms with E-state index < -0.39 is 0 Å². The van der Waals surface area contributed by atoms with Gasteiger partial charge in [0.15, 0.2) is 11.5 Å². The van der Waals surface area contributed by atoms with Gasteiger partial charge in [-0.05, 0) is 83.7 Å². The highest BCUT2D eigenvalue weighted by molar-refractivity contribution is 5.92. The van der Waals surface area contributed by atoms with Crippen molar-refractivity contribution in [2.75, 3.05) is 50.5 Å². The number of nitrogens with zero attached hydrogens (tertiary/aromatic N) is 4. The number of anilines is 3. The minimum absolute atomic E-state index is 0.197. The first-order valence-electron chi connectivity index (χ1n) is 9.83. The molecule has 1 aromatic carbocycles. The second kappa shape index (κ2) is 10.6. The lowest BCUT2D eigenvalue weighted by Gasteiger charge is -2.22. The largest absolute Gasteiger partial charge is 0.372 e. The molecule has 0 saturated heterocycles. The van der Waals surface area contributed by atoms with Crippen LogP contribution >= 0.6 is 0 Å². The van der Waals surface area contributed by atoms with Crippen molar-refractivity contribution >= 4 is 23.1 Å². The molecule has 7 heteroatoms. The Morgan fingerprint density at radius 3 is 2.39 bits per heavy atom. The Bertz CT molecular complexity index is 756. The molecule has 2 rings (SSSR count). The zero-order chi connectivity index (χ0) is 20.5. The fourth-order valence-electron chi connectivity index (χ4n) is 2.92. The Hall–Kier alpha value is -2.67. The minimum atomic E-state index is -0.197. The normalized spacial score (nSPS) is 10.8. The number of hydrogen-bond donors (Lipinski definition) is 2. The molecule has 1 heterocycles. The highest BCUT2D eigenvalue weighted by Crippen LogP contribution is 2.24. The molecule has 152 valence electrons. The maximum absolute atomic E-state index is 12.1. The molecule has 0 atom stereocenters. The third kappa shape index (κ3) is 6.20. The minimum Gasteiger partial charge on any atom is -0.372 e. The van der Waals surface area contributed by atoms with Crippen LogP contribution in [0.15, 0.2) is 30.3 Å². The molecule has 0 bridgehead atoms. The number of rotatable bonds is 10. The van der Waals surface area contributed by atoms with Crippen molar-refractivity contribution in [1.29, 1.82) is 0 Å². The van der Waals surface area contributed by atoms with E-state index in [4.69, 9.17) is 0 Å². The highest BCUT2D eigenvalue weighted by Gasteiger charge is 2.09. The van der Waals surface area contributed by atoms with Crippen molar-refractivity contribution in [3.63, 3.8) is 0 Å². The van der Waals surface area contributed by atoms with E-state index in [2.05, 4.69) is 69.6 Å². The quantitative estimate of drug-likeness (QED) is 0.614. The van der Waals surface area contributed by atoms with Gasteiger partial charge in [-0.1, -0.05) is 0 Å². The molecule has 0 aliphatic carbocycles. The van der Waals surface area contributed by atoms with Crippen LogP contribution in [-0.2, 0) is 0 Å². The zero-order valence-electron chi connectivity index (χ0n) is 17.6. The predicted octanol–water partition coefficient (Wildman–Crippen LogP) is 3.06. The van der Waals surface area contributed by atoms with E-state index in [0.717, 1.165) is 37.3 Å². The average Bonchev–Trinajstić information content (AvgIpc) is 2.68. The summed E-state index contributed by atoms with van der Waals surface area (Å²) in [6, 6.07) is 9.79. The van der Waals surface area contributed by atoms with E-state index in [1.165, 1.54) is 5.69 Å². The molecule has 0 spiro atoms. The van der Waals surface area contributed by atoms with Crippen LogP contribution in [0.1, 0.15) is 36.3 Å². The molecule has 0 radical (unpaired) electrons. The Labute approximate surface area is 168 Å². The number of carbonyl (C=O) groups excluding carboxylic acids is 1. The van der Waals surface area contributed by atoms with Gasteiger partial charge in [-0.25, -0.2) is 0 Å². The average molecular weight is 385 g/mol. The molecular weight excluding hydrogens is 352 g/mol. The summed E-state index contributed by atoms with van der Waals surface area (Å²) in [6.07, 6.45) is 0.897. The Morgan fingerprint density at radius 1 is 1.07 bits per heavy atom. The predicted molar refractivity (Wildman–Crippen MR) is 116 cm³/mol. The first kappa shape index (κ1) is 21.6. The summed E-state index contributed by atoms with van der Waals surface area (Å²) in [6.45, 7) is 9.89. The number of amides is 1. The van der Waals surface area contributed by atoms with Gasteiger partial charge in [0.05, 0.1) is 0 Å². The smallest absolute Gasteiger partial charge is 0.271 e. The molecule has 1 amide bonds. The molecule has 7 nitrogen and oxygen atoms in total. The Kier molecular flexibility index (Phi) is 8.19. The number of benzene rings is 1.